The van der Waals surface area contributed by atoms with Gasteiger partial charge in [-0.2, -0.15) is 0 Å². The SMILES string of the molecule is CC1(C)OC[C@H]([C@H]2OC(=O)[C@@]3(COC(C)(C)O3)[C@@H]2N=[N+]=[N-])O1. The standard InChI is InChI=1S/C13H19N3O6/c1-11(2)18-5-7(21-11)8-9(15-16-14)13(10(17)20-8)6-19-12(3,4)22-13/h7-9H,5-6H2,1-4H3/t7-,8-,9-,13-/m1/s1. The number of nitrogens with zero attached hydrogens (tertiary/aromatic N) is 3. The van der Waals surface area contributed by atoms with E-state index in [2.05, 4.69) is 10.0 Å². The van der Waals surface area contributed by atoms with Crippen LogP contribution >= 0.6 is 0 Å². The van der Waals surface area contributed by atoms with Gasteiger partial charge in [0.1, 0.15) is 18.2 Å². The Kier molecular flexibility index (Phi) is 3.39. The van der Waals surface area contributed by atoms with E-state index in [9.17, 15) is 4.79 Å². The van der Waals surface area contributed by atoms with Gasteiger partial charge < -0.3 is 23.7 Å². The summed E-state index contributed by atoms with van der Waals surface area (Å²) in [5, 5.41) is 3.74. The van der Waals surface area contributed by atoms with Gasteiger partial charge in [-0.05, 0) is 33.2 Å². The molecule has 3 fully saturated rings. The minimum absolute atomic E-state index is 0.0318. The lowest BCUT2D eigenvalue weighted by Crippen LogP contribution is -2.50. The van der Waals surface area contributed by atoms with E-state index in [-0.39, 0.29) is 13.2 Å². The molecule has 4 atom stereocenters. The Hall–Kier alpha value is -1.38. The fourth-order valence-electron chi connectivity index (χ4n) is 3.07. The quantitative estimate of drug-likeness (QED) is 0.328. The molecule has 122 valence electrons. The van der Waals surface area contributed by atoms with Gasteiger partial charge >= 0.3 is 5.97 Å². The maximum absolute atomic E-state index is 12.4. The van der Waals surface area contributed by atoms with Gasteiger partial charge in [0.15, 0.2) is 11.6 Å². The van der Waals surface area contributed by atoms with E-state index in [1.807, 2.05) is 0 Å². The summed E-state index contributed by atoms with van der Waals surface area (Å²) >= 11 is 0. The van der Waals surface area contributed by atoms with Gasteiger partial charge in [-0.1, -0.05) is 5.11 Å². The third-order valence-electron chi connectivity index (χ3n) is 4.01. The van der Waals surface area contributed by atoms with Crippen molar-refractivity contribution in [2.75, 3.05) is 13.2 Å². The zero-order chi connectivity index (χ0) is 16.2. The molecular formula is C13H19N3O6. The van der Waals surface area contributed by atoms with E-state index in [1.165, 1.54) is 0 Å². The maximum Gasteiger partial charge on any atom is 0.341 e. The molecular weight excluding hydrogens is 294 g/mol. The number of rotatable bonds is 2. The Morgan fingerprint density at radius 3 is 2.45 bits per heavy atom. The topological polar surface area (TPSA) is 112 Å². The van der Waals surface area contributed by atoms with Crippen LogP contribution < -0.4 is 0 Å². The van der Waals surface area contributed by atoms with E-state index in [1.54, 1.807) is 27.7 Å². The summed E-state index contributed by atoms with van der Waals surface area (Å²) in [6, 6.07) is -0.880. The lowest BCUT2D eigenvalue weighted by molar-refractivity contribution is -0.179. The first-order valence-corrected chi connectivity index (χ1v) is 7.10. The van der Waals surface area contributed by atoms with Crippen LogP contribution in [0, 0.1) is 0 Å². The molecule has 0 radical (unpaired) electrons. The van der Waals surface area contributed by atoms with Crippen molar-refractivity contribution in [1.82, 2.24) is 0 Å². The Labute approximate surface area is 127 Å². The first kappa shape index (κ1) is 15.5. The first-order valence-electron chi connectivity index (χ1n) is 7.10. The van der Waals surface area contributed by atoms with Gasteiger partial charge in [-0.15, -0.1) is 0 Å². The summed E-state index contributed by atoms with van der Waals surface area (Å²) < 4.78 is 27.9. The summed E-state index contributed by atoms with van der Waals surface area (Å²) in [6.45, 7) is 7.11. The molecule has 0 amide bonds. The van der Waals surface area contributed by atoms with Crippen molar-refractivity contribution in [2.45, 2.75) is 63.1 Å². The second-order valence-electron chi connectivity index (χ2n) is 6.57. The average Bonchev–Trinajstić information content (AvgIpc) is 3.01. The van der Waals surface area contributed by atoms with Crippen molar-refractivity contribution >= 4 is 5.97 Å². The number of esters is 1. The molecule has 0 saturated carbocycles. The molecule has 3 aliphatic heterocycles. The van der Waals surface area contributed by atoms with Crippen molar-refractivity contribution in [1.29, 1.82) is 0 Å². The molecule has 9 nitrogen and oxygen atoms in total. The summed E-state index contributed by atoms with van der Waals surface area (Å²) in [7, 11) is 0. The molecule has 0 bridgehead atoms. The van der Waals surface area contributed by atoms with Crippen molar-refractivity contribution in [3.8, 4) is 0 Å². The predicted molar refractivity (Wildman–Crippen MR) is 71.6 cm³/mol. The third kappa shape index (κ3) is 2.35. The monoisotopic (exact) mass is 313 g/mol. The highest BCUT2D eigenvalue weighted by Crippen LogP contribution is 2.44. The summed E-state index contributed by atoms with van der Waals surface area (Å²) in [5.41, 5.74) is 7.44. The van der Waals surface area contributed by atoms with E-state index in [0.717, 1.165) is 0 Å². The van der Waals surface area contributed by atoms with Gasteiger partial charge in [-0.3, -0.25) is 0 Å². The Morgan fingerprint density at radius 1 is 1.23 bits per heavy atom. The zero-order valence-corrected chi connectivity index (χ0v) is 12.9. The van der Waals surface area contributed by atoms with Gasteiger partial charge in [-0.25, -0.2) is 4.79 Å². The summed E-state index contributed by atoms with van der Waals surface area (Å²) in [6.07, 6.45) is -1.30. The van der Waals surface area contributed by atoms with E-state index >= 15 is 0 Å². The van der Waals surface area contributed by atoms with Crippen LogP contribution in [-0.2, 0) is 28.5 Å². The van der Waals surface area contributed by atoms with Gasteiger partial charge in [0.25, 0.3) is 0 Å². The van der Waals surface area contributed by atoms with Crippen LogP contribution in [0.5, 0.6) is 0 Å². The highest BCUT2D eigenvalue weighted by Gasteiger charge is 2.66. The number of cyclic esters (lactones) is 1. The van der Waals surface area contributed by atoms with Crippen molar-refractivity contribution in [3.63, 3.8) is 0 Å². The molecule has 0 aromatic heterocycles. The number of azide groups is 1. The molecule has 3 aliphatic rings. The highest BCUT2D eigenvalue weighted by molar-refractivity contribution is 5.84. The van der Waals surface area contributed by atoms with Gasteiger partial charge in [0, 0.05) is 4.91 Å². The first-order chi connectivity index (χ1) is 10.2. The van der Waals surface area contributed by atoms with E-state index in [4.69, 9.17) is 29.2 Å². The minimum atomic E-state index is -1.43. The molecule has 0 aromatic carbocycles. The number of hydrogen-bond acceptors (Lipinski definition) is 7. The van der Waals surface area contributed by atoms with Crippen molar-refractivity contribution in [2.24, 2.45) is 5.11 Å². The zero-order valence-electron chi connectivity index (χ0n) is 12.9. The Balaban J connectivity index is 1.91. The lowest BCUT2D eigenvalue weighted by Gasteiger charge is -2.27. The highest BCUT2D eigenvalue weighted by atomic mass is 16.8. The second kappa shape index (κ2) is 4.81. The van der Waals surface area contributed by atoms with Crippen LogP contribution in [0.15, 0.2) is 5.11 Å². The molecule has 22 heavy (non-hydrogen) atoms. The van der Waals surface area contributed by atoms with Crippen molar-refractivity contribution < 1.29 is 28.5 Å². The molecule has 3 heterocycles. The average molecular weight is 313 g/mol. The van der Waals surface area contributed by atoms with Crippen LogP contribution in [0.3, 0.4) is 0 Å². The van der Waals surface area contributed by atoms with Crippen molar-refractivity contribution in [3.05, 3.63) is 10.4 Å². The molecule has 0 unspecified atom stereocenters. The summed E-state index contributed by atoms with van der Waals surface area (Å²) in [5.74, 6) is -2.34. The van der Waals surface area contributed by atoms with Crippen LogP contribution in [0.4, 0.5) is 0 Å². The second-order valence-corrected chi connectivity index (χ2v) is 6.57. The van der Waals surface area contributed by atoms with Gasteiger partial charge in [0.2, 0.25) is 5.60 Å². The fraction of sp³-hybridized carbons (Fsp3) is 0.923. The van der Waals surface area contributed by atoms with E-state index in [0.29, 0.717) is 0 Å². The minimum Gasteiger partial charge on any atom is -0.457 e. The number of carbonyl (C=O) groups is 1. The molecule has 3 rings (SSSR count). The normalized spacial score (nSPS) is 42.4. The summed E-state index contributed by atoms with van der Waals surface area (Å²) in [4.78, 5) is 15.2. The Morgan fingerprint density at radius 2 is 1.95 bits per heavy atom. The fourth-order valence-corrected chi connectivity index (χ4v) is 3.07. The maximum atomic E-state index is 12.4. The lowest BCUT2D eigenvalue weighted by atomic mass is 9.92. The predicted octanol–water partition coefficient (Wildman–Crippen LogP) is 1.26. The molecule has 0 N–H and O–H groups in total. The largest absolute Gasteiger partial charge is 0.457 e. The van der Waals surface area contributed by atoms with E-state index < -0.39 is 41.4 Å². The number of ether oxygens (including phenoxy) is 5. The van der Waals surface area contributed by atoms with Gasteiger partial charge in [0.05, 0.1) is 13.2 Å². The van der Waals surface area contributed by atoms with Crippen LogP contribution in [0.2, 0.25) is 0 Å². The van der Waals surface area contributed by atoms with Crippen LogP contribution in [0.1, 0.15) is 27.7 Å². The Bertz CT molecular complexity index is 544. The molecule has 0 aliphatic carbocycles. The smallest absolute Gasteiger partial charge is 0.341 e. The number of hydrogen-bond donors (Lipinski definition) is 0. The molecule has 1 spiro atoms. The molecule has 0 aromatic rings. The van der Waals surface area contributed by atoms with Crippen LogP contribution in [-0.4, -0.2) is 54.6 Å². The third-order valence-corrected chi connectivity index (χ3v) is 4.01. The molecule has 3 saturated heterocycles. The molecule has 9 heteroatoms. The van der Waals surface area contributed by atoms with Crippen LogP contribution in [0.25, 0.3) is 10.4 Å². The number of carbonyl (C=O) groups excluding carboxylic acids is 1.